The molecule has 3 aromatic rings. The predicted molar refractivity (Wildman–Crippen MR) is 115 cm³/mol. The van der Waals surface area contributed by atoms with E-state index in [1.807, 2.05) is 31.3 Å². The number of benzene rings is 1. The van der Waals surface area contributed by atoms with Crippen molar-refractivity contribution in [1.29, 1.82) is 0 Å². The summed E-state index contributed by atoms with van der Waals surface area (Å²) in [7, 11) is 6.05. The number of amides is 1. The lowest BCUT2D eigenvalue weighted by atomic mass is 9.92. The highest BCUT2D eigenvalue weighted by Gasteiger charge is 2.16. The standard InChI is InChI=1S/C22H26BN3O2/c1-5-6-15-9-14(4)25-22(28)19(15)12-24-21(27)18-10-16(23)11-20-17(18)7-8-26(20)13(2)3/h7-11,13H,5-6,12H2,1-4H3,(H,24,27)(H,25,28). The van der Waals surface area contributed by atoms with E-state index in [1.54, 1.807) is 6.07 Å². The number of carbonyl (C=O) groups is 1. The summed E-state index contributed by atoms with van der Waals surface area (Å²) in [6, 6.07) is 7.75. The number of hydrogen-bond donors (Lipinski definition) is 2. The average molecular weight is 375 g/mol. The maximum atomic E-state index is 12.9. The zero-order chi connectivity index (χ0) is 20.4. The molecular weight excluding hydrogens is 349 g/mol. The number of pyridine rings is 1. The van der Waals surface area contributed by atoms with Gasteiger partial charge in [-0.1, -0.05) is 24.9 Å². The van der Waals surface area contributed by atoms with E-state index in [0.717, 1.165) is 35.0 Å². The Labute approximate surface area is 166 Å². The van der Waals surface area contributed by atoms with Crippen LogP contribution in [0.15, 0.2) is 35.3 Å². The third kappa shape index (κ3) is 3.91. The fourth-order valence-electron chi connectivity index (χ4n) is 3.66. The van der Waals surface area contributed by atoms with E-state index in [1.165, 1.54) is 0 Å². The number of nitrogens with zero attached hydrogens (tertiary/aromatic N) is 1. The van der Waals surface area contributed by atoms with Gasteiger partial charge in [0.1, 0.15) is 7.85 Å². The highest BCUT2D eigenvalue weighted by atomic mass is 16.1. The van der Waals surface area contributed by atoms with Gasteiger partial charge in [-0.25, -0.2) is 0 Å². The molecule has 0 unspecified atom stereocenters. The lowest BCUT2D eigenvalue weighted by molar-refractivity contribution is 0.0952. The van der Waals surface area contributed by atoms with Crippen LogP contribution in [0.5, 0.6) is 0 Å². The number of aryl methyl sites for hydroxylation is 2. The number of H-pyrrole nitrogens is 1. The fraction of sp³-hybridized carbons (Fsp3) is 0.364. The van der Waals surface area contributed by atoms with Gasteiger partial charge in [-0.05, 0) is 51.0 Å². The van der Waals surface area contributed by atoms with Crippen LogP contribution in [0.1, 0.15) is 60.4 Å². The van der Waals surface area contributed by atoms with Crippen molar-refractivity contribution in [3.8, 4) is 0 Å². The molecule has 0 aliphatic heterocycles. The fourth-order valence-corrected chi connectivity index (χ4v) is 3.66. The Kier molecular flexibility index (Phi) is 5.77. The first-order chi connectivity index (χ1) is 13.3. The van der Waals surface area contributed by atoms with E-state index in [4.69, 9.17) is 7.85 Å². The zero-order valence-corrected chi connectivity index (χ0v) is 16.9. The molecule has 5 nitrogen and oxygen atoms in total. The Bertz CT molecular complexity index is 1080. The van der Waals surface area contributed by atoms with E-state index in [2.05, 4.69) is 35.6 Å². The second-order valence-corrected chi connectivity index (χ2v) is 7.54. The molecule has 1 aromatic carbocycles. The van der Waals surface area contributed by atoms with Crippen LogP contribution in [0.3, 0.4) is 0 Å². The highest BCUT2D eigenvalue weighted by molar-refractivity contribution is 6.34. The van der Waals surface area contributed by atoms with Crippen LogP contribution < -0.4 is 16.3 Å². The summed E-state index contributed by atoms with van der Waals surface area (Å²) in [5.41, 5.74) is 4.27. The van der Waals surface area contributed by atoms with Gasteiger partial charge in [0.05, 0.1) is 0 Å². The van der Waals surface area contributed by atoms with E-state index < -0.39 is 0 Å². The summed E-state index contributed by atoms with van der Waals surface area (Å²) >= 11 is 0. The molecule has 0 aliphatic carbocycles. The van der Waals surface area contributed by atoms with E-state index in [0.29, 0.717) is 16.6 Å². The number of carbonyl (C=O) groups excluding carboxylic acids is 1. The molecule has 2 aromatic heterocycles. The lowest BCUT2D eigenvalue weighted by Crippen LogP contribution is -2.29. The Balaban J connectivity index is 1.92. The minimum absolute atomic E-state index is 0.146. The van der Waals surface area contributed by atoms with E-state index in [-0.39, 0.29) is 24.1 Å². The van der Waals surface area contributed by atoms with Gasteiger partial charge in [-0.3, -0.25) is 9.59 Å². The van der Waals surface area contributed by atoms with Crippen LogP contribution in [0, 0.1) is 6.92 Å². The zero-order valence-electron chi connectivity index (χ0n) is 16.9. The van der Waals surface area contributed by atoms with E-state index >= 15 is 0 Å². The van der Waals surface area contributed by atoms with Gasteiger partial charge in [-0.15, -0.1) is 0 Å². The van der Waals surface area contributed by atoms with Crippen molar-refractivity contribution in [2.45, 2.75) is 53.1 Å². The molecule has 1 amide bonds. The van der Waals surface area contributed by atoms with Crippen molar-refractivity contribution in [2.75, 3.05) is 0 Å². The minimum atomic E-state index is -0.235. The number of hydrogen-bond acceptors (Lipinski definition) is 2. The average Bonchev–Trinajstić information content (AvgIpc) is 3.04. The Morgan fingerprint density at radius 2 is 2.04 bits per heavy atom. The molecular formula is C22H26BN3O2. The second kappa shape index (κ2) is 8.09. The predicted octanol–water partition coefficient (Wildman–Crippen LogP) is 2.90. The van der Waals surface area contributed by atoms with Crippen LogP contribution in [0.2, 0.25) is 0 Å². The summed E-state index contributed by atoms with van der Waals surface area (Å²) in [6.45, 7) is 8.29. The van der Waals surface area contributed by atoms with Crippen LogP contribution in [-0.4, -0.2) is 23.3 Å². The third-order valence-electron chi connectivity index (χ3n) is 4.97. The van der Waals surface area contributed by atoms with Crippen LogP contribution >= 0.6 is 0 Å². The second-order valence-electron chi connectivity index (χ2n) is 7.54. The molecule has 0 atom stereocenters. The van der Waals surface area contributed by atoms with Crippen LogP contribution in [-0.2, 0) is 13.0 Å². The van der Waals surface area contributed by atoms with E-state index in [9.17, 15) is 9.59 Å². The van der Waals surface area contributed by atoms with Gasteiger partial charge in [-0.2, -0.15) is 0 Å². The minimum Gasteiger partial charge on any atom is -0.348 e. The normalized spacial score (nSPS) is 11.3. The largest absolute Gasteiger partial charge is 0.348 e. The number of fused-ring (bicyclic) bond motifs is 1. The first-order valence-electron chi connectivity index (χ1n) is 9.71. The number of aromatic nitrogens is 2. The van der Waals surface area contributed by atoms with Crippen molar-refractivity contribution in [1.82, 2.24) is 14.9 Å². The maximum absolute atomic E-state index is 12.9. The van der Waals surface area contributed by atoms with Crippen molar-refractivity contribution in [3.63, 3.8) is 0 Å². The topological polar surface area (TPSA) is 66.9 Å². The summed E-state index contributed by atoms with van der Waals surface area (Å²) in [4.78, 5) is 28.1. The lowest BCUT2D eigenvalue weighted by Gasteiger charge is -2.13. The molecule has 28 heavy (non-hydrogen) atoms. The SMILES string of the molecule is [B]c1cc(C(=O)NCc2c(CCC)cc(C)[nH]c2=O)c2ccn(C(C)C)c2c1. The number of aromatic amines is 1. The van der Waals surface area contributed by atoms with Gasteiger partial charge in [0, 0.05) is 46.5 Å². The summed E-state index contributed by atoms with van der Waals surface area (Å²) in [5, 5.41) is 3.76. The monoisotopic (exact) mass is 375 g/mol. The van der Waals surface area contributed by atoms with Crippen LogP contribution in [0.25, 0.3) is 10.9 Å². The van der Waals surface area contributed by atoms with Gasteiger partial charge in [0.2, 0.25) is 0 Å². The molecule has 144 valence electrons. The third-order valence-corrected chi connectivity index (χ3v) is 4.97. The Morgan fingerprint density at radius 1 is 1.29 bits per heavy atom. The summed E-state index contributed by atoms with van der Waals surface area (Å²) in [5.74, 6) is -0.235. The van der Waals surface area contributed by atoms with Crippen molar-refractivity contribution in [2.24, 2.45) is 0 Å². The van der Waals surface area contributed by atoms with Crippen molar-refractivity contribution >= 4 is 30.1 Å². The van der Waals surface area contributed by atoms with Gasteiger partial charge < -0.3 is 14.9 Å². The number of rotatable bonds is 6. The molecule has 2 radical (unpaired) electrons. The quantitative estimate of drug-likeness (QED) is 0.651. The van der Waals surface area contributed by atoms with Gasteiger partial charge in [0.15, 0.2) is 0 Å². The Morgan fingerprint density at radius 3 is 2.71 bits per heavy atom. The Hall–Kier alpha value is -2.76. The molecule has 3 rings (SSSR count). The van der Waals surface area contributed by atoms with Gasteiger partial charge in [0.25, 0.3) is 11.5 Å². The molecule has 2 N–H and O–H groups in total. The molecule has 2 heterocycles. The summed E-state index contributed by atoms with van der Waals surface area (Å²) < 4.78 is 2.09. The first kappa shape index (κ1) is 20.0. The molecule has 0 saturated carbocycles. The smallest absolute Gasteiger partial charge is 0.253 e. The van der Waals surface area contributed by atoms with Gasteiger partial charge >= 0.3 is 0 Å². The molecule has 0 saturated heterocycles. The first-order valence-corrected chi connectivity index (χ1v) is 9.71. The summed E-state index contributed by atoms with van der Waals surface area (Å²) in [6.07, 6.45) is 3.70. The molecule has 0 fully saturated rings. The molecule has 0 spiro atoms. The van der Waals surface area contributed by atoms with Crippen molar-refractivity contribution < 1.29 is 4.79 Å². The number of nitrogens with one attached hydrogen (secondary N) is 2. The highest BCUT2D eigenvalue weighted by Crippen LogP contribution is 2.22. The maximum Gasteiger partial charge on any atom is 0.253 e. The van der Waals surface area contributed by atoms with Crippen molar-refractivity contribution in [3.05, 3.63) is 63.2 Å². The van der Waals surface area contributed by atoms with Crippen LogP contribution in [0.4, 0.5) is 0 Å². The molecule has 0 aliphatic rings. The molecule has 6 heteroatoms. The molecule has 0 bridgehead atoms.